The number of halogens is 1. The van der Waals surface area contributed by atoms with E-state index in [2.05, 4.69) is 47.9 Å². The van der Waals surface area contributed by atoms with Gasteiger partial charge >= 0.3 is 0 Å². The highest BCUT2D eigenvalue weighted by atomic mass is 127. The molecule has 0 fully saturated rings. The van der Waals surface area contributed by atoms with Gasteiger partial charge in [0.2, 0.25) is 5.91 Å². The highest BCUT2D eigenvalue weighted by Crippen LogP contribution is 2.31. The van der Waals surface area contributed by atoms with Crippen molar-refractivity contribution in [2.45, 2.75) is 51.4 Å². The molecular formula is C22H38IN5O. The van der Waals surface area contributed by atoms with Crippen LogP contribution in [-0.2, 0) is 4.79 Å². The molecule has 7 heteroatoms. The summed E-state index contributed by atoms with van der Waals surface area (Å²) in [7, 11) is 4.26. The maximum atomic E-state index is 12.0. The predicted octanol–water partition coefficient (Wildman–Crippen LogP) is 3.80. The van der Waals surface area contributed by atoms with Crippen molar-refractivity contribution >= 4 is 41.5 Å². The molecule has 3 N–H and O–H groups in total. The van der Waals surface area contributed by atoms with Gasteiger partial charge < -0.3 is 20.9 Å². The monoisotopic (exact) mass is 515 g/mol. The lowest BCUT2D eigenvalue weighted by molar-refractivity contribution is -0.116. The van der Waals surface area contributed by atoms with Crippen LogP contribution in [0.1, 0.15) is 56.9 Å². The zero-order valence-electron chi connectivity index (χ0n) is 18.2. The molecule has 1 aliphatic rings. The van der Waals surface area contributed by atoms with E-state index in [1.807, 2.05) is 18.2 Å². The first-order valence-corrected chi connectivity index (χ1v) is 10.7. The maximum Gasteiger partial charge on any atom is 0.225 e. The minimum absolute atomic E-state index is 0. The fourth-order valence-electron chi connectivity index (χ4n) is 3.50. The maximum absolute atomic E-state index is 12.0. The average molecular weight is 515 g/mol. The number of carbonyl (C=O) groups excluding carboxylic acids is 1. The first-order chi connectivity index (χ1) is 13.6. The van der Waals surface area contributed by atoms with E-state index in [9.17, 15) is 4.79 Å². The van der Waals surface area contributed by atoms with Crippen LogP contribution in [0.25, 0.3) is 0 Å². The van der Waals surface area contributed by atoms with E-state index in [-0.39, 0.29) is 35.8 Å². The summed E-state index contributed by atoms with van der Waals surface area (Å²) in [6.07, 6.45) is 6.76. The van der Waals surface area contributed by atoms with Crippen LogP contribution in [0.5, 0.6) is 0 Å². The van der Waals surface area contributed by atoms with Gasteiger partial charge in [-0.1, -0.05) is 37.5 Å². The lowest BCUT2D eigenvalue weighted by Gasteiger charge is -2.24. The summed E-state index contributed by atoms with van der Waals surface area (Å²) in [5.74, 6) is 1.06. The Morgan fingerprint density at radius 1 is 1.14 bits per heavy atom. The molecule has 0 radical (unpaired) electrons. The van der Waals surface area contributed by atoms with Crippen LogP contribution in [0.4, 0.5) is 5.69 Å². The van der Waals surface area contributed by atoms with E-state index in [1.165, 1.54) is 37.8 Å². The number of guanidine groups is 1. The van der Waals surface area contributed by atoms with Gasteiger partial charge in [0.15, 0.2) is 5.96 Å². The van der Waals surface area contributed by atoms with Crippen LogP contribution in [0, 0.1) is 0 Å². The number of rotatable bonds is 11. The number of nitrogens with one attached hydrogen (secondary N) is 3. The Balaban J connectivity index is 0.00000420. The Bertz CT molecular complexity index is 635. The molecule has 1 aliphatic heterocycles. The average Bonchev–Trinajstić information content (AvgIpc) is 2.67. The van der Waals surface area contributed by atoms with Gasteiger partial charge in [0.1, 0.15) is 0 Å². The summed E-state index contributed by atoms with van der Waals surface area (Å²) in [6, 6.07) is 8.03. The minimum atomic E-state index is 0. The summed E-state index contributed by atoms with van der Waals surface area (Å²) in [5, 5.41) is 9.70. The molecule has 164 valence electrons. The second-order valence-corrected chi connectivity index (χ2v) is 7.75. The highest BCUT2D eigenvalue weighted by molar-refractivity contribution is 14.0. The molecule has 0 bridgehead atoms. The number of anilines is 1. The molecule has 0 saturated carbocycles. The largest absolute Gasteiger partial charge is 0.357 e. The Kier molecular flexibility index (Phi) is 12.9. The number of para-hydroxylation sites is 1. The number of fused-ring (bicyclic) bond motifs is 1. The van der Waals surface area contributed by atoms with Crippen LogP contribution >= 0.6 is 24.0 Å². The summed E-state index contributed by atoms with van der Waals surface area (Å²) < 4.78 is 0. The van der Waals surface area contributed by atoms with Crippen molar-refractivity contribution in [3.8, 4) is 0 Å². The number of hydrogen-bond acceptors (Lipinski definition) is 3. The van der Waals surface area contributed by atoms with E-state index in [0.717, 1.165) is 31.2 Å². The van der Waals surface area contributed by atoms with E-state index < -0.39 is 0 Å². The number of amides is 1. The first kappa shape index (κ1) is 25.7. The molecule has 1 heterocycles. The van der Waals surface area contributed by atoms with Crippen molar-refractivity contribution in [3.63, 3.8) is 0 Å². The van der Waals surface area contributed by atoms with Gasteiger partial charge in [-0.25, -0.2) is 0 Å². The van der Waals surface area contributed by atoms with Gasteiger partial charge in [-0.2, -0.15) is 0 Å². The second kappa shape index (κ2) is 14.6. The van der Waals surface area contributed by atoms with E-state index in [4.69, 9.17) is 4.99 Å². The van der Waals surface area contributed by atoms with Crippen LogP contribution in [0.15, 0.2) is 29.3 Å². The third-order valence-electron chi connectivity index (χ3n) is 5.00. The van der Waals surface area contributed by atoms with Gasteiger partial charge in [-0.05, 0) is 52.0 Å². The summed E-state index contributed by atoms with van der Waals surface area (Å²) in [4.78, 5) is 19.0. The number of aliphatic imine (C=N–C) groups is 1. The molecule has 0 aromatic heterocycles. The van der Waals surface area contributed by atoms with Crippen molar-refractivity contribution in [3.05, 3.63) is 29.8 Å². The zero-order valence-corrected chi connectivity index (χ0v) is 20.5. The molecular weight excluding hydrogens is 477 g/mol. The number of carbonyl (C=O) groups is 1. The molecule has 1 aromatic rings. The molecule has 1 unspecified atom stereocenters. The Morgan fingerprint density at radius 2 is 1.86 bits per heavy atom. The van der Waals surface area contributed by atoms with E-state index in [1.54, 1.807) is 0 Å². The van der Waals surface area contributed by atoms with Gasteiger partial charge in [0.25, 0.3) is 0 Å². The first-order valence-electron chi connectivity index (χ1n) is 10.7. The summed E-state index contributed by atoms with van der Waals surface area (Å²) >= 11 is 0. The lowest BCUT2D eigenvalue weighted by atomic mass is 9.91. The van der Waals surface area contributed by atoms with Crippen LogP contribution in [0.3, 0.4) is 0 Å². The Labute approximate surface area is 193 Å². The molecule has 0 aliphatic carbocycles. The number of unbranched alkanes of at least 4 members (excludes halogenated alkanes) is 4. The predicted molar refractivity (Wildman–Crippen MR) is 133 cm³/mol. The number of benzene rings is 1. The lowest BCUT2D eigenvalue weighted by Crippen LogP contribution is -2.38. The van der Waals surface area contributed by atoms with Crippen molar-refractivity contribution in [2.24, 2.45) is 4.99 Å². The summed E-state index contributed by atoms with van der Waals surface area (Å²) in [5.41, 5.74) is 2.10. The smallest absolute Gasteiger partial charge is 0.225 e. The topological polar surface area (TPSA) is 68.8 Å². The Morgan fingerprint density at radius 3 is 2.62 bits per heavy atom. The van der Waals surface area contributed by atoms with Crippen LogP contribution in [0.2, 0.25) is 0 Å². The van der Waals surface area contributed by atoms with Gasteiger partial charge in [-0.15, -0.1) is 24.0 Å². The van der Waals surface area contributed by atoms with Crippen molar-refractivity contribution in [1.82, 2.24) is 15.5 Å². The highest BCUT2D eigenvalue weighted by Gasteiger charge is 2.24. The van der Waals surface area contributed by atoms with E-state index in [0.29, 0.717) is 13.0 Å². The third kappa shape index (κ3) is 9.80. The molecule has 1 aromatic carbocycles. The molecule has 2 rings (SSSR count). The van der Waals surface area contributed by atoms with E-state index >= 15 is 0 Å². The molecule has 0 saturated heterocycles. The summed E-state index contributed by atoms with van der Waals surface area (Å²) in [6.45, 7) is 5.63. The molecule has 1 amide bonds. The zero-order chi connectivity index (χ0) is 20.2. The van der Waals surface area contributed by atoms with Crippen molar-refractivity contribution in [2.75, 3.05) is 45.6 Å². The van der Waals surface area contributed by atoms with Crippen molar-refractivity contribution in [1.29, 1.82) is 0 Å². The number of hydrogen-bond donors (Lipinski definition) is 3. The third-order valence-corrected chi connectivity index (χ3v) is 5.00. The molecule has 6 nitrogen and oxygen atoms in total. The fraction of sp³-hybridized carbons (Fsp3) is 0.636. The second-order valence-electron chi connectivity index (χ2n) is 7.75. The normalized spacial score (nSPS) is 16.1. The quantitative estimate of drug-likeness (QED) is 0.182. The molecule has 1 atom stereocenters. The van der Waals surface area contributed by atoms with Gasteiger partial charge in [0, 0.05) is 31.1 Å². The van der Waals surface area contributed by atoms with Crippen molar-refractivity contribution < 1.29 is 4.79 Å². The minimum Gasteiger partial charge on any atom is -0.357 e. The SMILES string of the molecule is CCNC(=NCC1CC(=O)Nc2ccccc21)NCCCCCCCN(C)C.I. The number of nitrogens with zero attached hydrogens (tertiary/aromatic N) is 2. The standard InChI is InChI=1S/C22H37N5O.HI/c1-4-23-22(24-14-10-6-5-7-11-15-27(2)3)25-17-18-16-21(28)26-20-13-9-8-12-19(18)20;/h8-9,12-13,18H,4-7,10-11,14-17H2,1-3H3,(H,26,28)(H2,23,24,25);1H. The van der Waals surface area contributed by atoms with Crippen LogP contribution in [-0.4, -0.2) is 57.0 Å². The molecule has 29 heavy (non-hydrogen) atoms. The molecule has 0 spiro atoms. The fourth-order valence-corrected chi connectivity index (χ4v) is 3.50. The Hall–Kier alpha value is -1.35. The van der Waals surface area contributed by atoms with Gasteiger partial charge in [-0.3, -0.25) is 9.79 Å². The van der Waals surface area contributed by atoms with Gasteiger partial charge in [0.05, 0.1) is 6.54 Å². The van der Waals surface area contributed by atoms with Crippen LogP contribution < -0.4 is 16.0 Å².